The first-order valence-electron chi connectivity index (χ1n) is 8.67. The van der Waals surface area contributed by atoms with Crippen molar-refractivity contribution in [2.45, 2.75) is 25.5 Å². The molecule has 0 spiro atoms. The van der Waals surface area contributed by atoms with Crippen LogP contribution in [0.2, 0.25) is 0 Å². The van der Waals surface area contributed by atoms with Gasteiger partial charge in [0.1, 0.15) is 6.10 Å². The summed E-state index contributed by atoms with van der Waals surface area (Å²) in [4.78, 5) is 18.3. The van der Waals surface area contributed by atoms with Gasteiger partial charge in [-0.25, -0.2) is 4.79 Å². The van der Waals surface area contributed by atoms with E-state index >= 15 is 0 Å². The molecule has 6 heteroatoms. The van der Waals surface area contributed by atoms with Crippen molar-refractivity contribution in [3.8, 4) is 0 Å². The van der Waals surface area contributed by atoms with E-state index in [1.165, 1.54) is 0 Å². The van der Waals surface area contributed by atoms with Gasteiger partial charge in [-0.05, 0) is 66.0 Å². The highest BCUT2D eigenvalue weighted by molar-refractivity contribution is 9.10. The van der Waals surface area contributed by atoms with E-state index in [0.717, 1.165) is 47.5 Å². The Labute approximate surface area is 160 Å². The van der Waals surface area contributed by atoms with E-state index in [-0.39, 0.29) is 12.2 Å². The number of carbonyl (C=O) groups is 1. The summed E-state index contributed by atoms with van der Waals surface area (Å²) in [6.07, 6.45) is 2.06. The van der Waals surface area contributed by atoms with Gasteiger partial charge in [-0.1, -0.05) is 18.2 Å². The van der Waals surface area contributed by atoms with Crippen molar-refractivity contribution in [3.05, 3.63) is 51.1 Å². The molecule has 3 fully saturated rings. The Balaban J connectivity index is 1.51. The van der Waals surface area contributed by atoms with Crippen molar-refractivity contribution in [1.29, 1.82) is 0 Å². The third kappa shape index (κ3) is 3.91. The van der Waals surface area contributed by atoms with E-state index in [1.54, 1.807) is 16.2 Å². The third-order valence-corrected chi connectivity index (χ3v) is 6.75. The largest absolute Gasteiger partial charge is 0.444 e. The van der Waals surface area contributed by atoms with E-state index in [2.05, 4.69) is 26.9 Å². The van der Waals surface area contributed by atoms with Crippen LogP contribution in [0.25, 0.3) is 0 Å². The van der Waals surface area contributed by atoms with Crippen molar-refractivity contribution >= 4 is 39.0 Å². The van der Waals surface area contributed by atoms with Crippen molar-refractivity contribution in [3.63, 3.8) is 0 Å². The highest BCUT2D eigenvalue weighted by Gasteiger charge is 2.37. The molecule has 1 aromatic carbocycles. The minimum Gasteiger partial charge on any atom is -0.444 e. The Morgan fingerprint density at radius 3 is 2.64 bits per heavy atom. The lowest BCUT2D eigenvalue weighted by molar-refractivity contribution is -0.0311. The average molecular weight is 421 g/mol. The standard InChI is InChI=1S/C19H21BrN2O2S/c20-15-10-17(25-13-15)11-22(16-4-2-1-3-5-16)19(23)24-18-12-21-8-6-14(18)7-9-21/h1-5,10,13-14,18H,6-9,11-12H2/t18-/m0/s1. The molecule has 4 nitrogen and oxygen atoms in total. The van der Waals surface area contributed by atoms with Crippen LogP contribution in [0.1, 0.15) is 17.7 Å². The fourth-order valence-electron chi connectivity index (χ4n) is 3.70. The highest BCUT2D eigenvalue weighted by atomic mass is 79.9. The van der Waals surface area contributed by atoms with Crippen molar-refractivity contribution in [2.75, 3.05) is 24.5 Å². The quantitative estimate of drug-likeness (QED) is 0.715. The molecule has 0 radical (unpaired) electrons. The van der Waals surface area contributed by atoms with Gasteiger partial charge in [-0.2, -0.15) is 0 Å². The van der Waals surface area contributed by atoms with Gasteiger partial charge in [0, 0.05) is 27.0 Å². The molecule has 1 amide bonds. The summed E-state index contributed by atoms with van der Waals surface area (Å²) >= 11 is 5.13. The Morgan fingerprint density at radius 1 is 1.28 bits per heavy atom. The number of benzene rings is 1. The molecule has 0 aliphatic carbocycles. The van der Waals surface area contributed by atoms with Gasteiger partial charge in [0.2, 0.25) is 0 Å². The second-order valence-corrected chi connectivity index (χ2v) is 8.62. The second-order valence-electron chi connectivity index (χ2n) is 6.71. The zero-order valence-electron chi connectivity index (χ0n) is 13.9. The lowest BCUT2D eigenvalue weighted by Gasteiger charge is -2.44. The molecule has 2 bridgehead atoms. The number of nitrogens with zero attached hydrogens (tertiary/aromatic N) is 2. The van der Waals surface area contributed by atoms with Gasteiger partial charge in [0.15, 0.2) is 0 Å². The predicted molar refractivity (Wildman–Crippen MR) is 104 cm³/mol. The lowest BCUT2D eigenvalue weighted by atomic mass is 9.86. The van der Waals surface area contributed by atoms with E-state index < -0.39 is 0 Å². The Hall–Kier alpha value is -1.37. The Bertz CT molecular complexity index is 728. The van der Waals surface area contributed by atoms with Crippen molar-refractivity contribution < 1.29 is 9.53 Å². The SMILES string of the molecule is O=C(O[C@H]1CN2CCC1CC2)N(Cc1cc(Br)cs1)c1ccccc1. The van der Waals surface area contributed by atoms with Gasteiger partial charge in [0.05, 0.1) is 6.54 Å². The Morgan fingerprint density at radius 2 is 2.04 bits per heavy atom. The maximum atomic E-state index is 13.0. The van der Waals surface area contributed by atoms with Crippen molar-refractivity contribution in [2.24, 2.45) is 5.92 Å². The molecular weight excluding hydrogens is 400 g/mol. The number of rotatable bonds is 4. The normalized spacial score (nSPS) is 24.9. The molecule has 25 heavy (non-hydrogen) atoms. The number of para-hydroxylation sites is 1. The van der Waals surface area contributed by atoms with Crippen LogP contribution in [0.5, 0.6) is 0 Å². The smallest absolute Gasteiger partial charge is 0.414 e. The fraction of sp³-hybridized carbons (Fsp3) is 0.421. The molecule has 0 N–H and O–H groups in total. The number of amides is 1. The predicted octanol–water partition coefficient (Wildman–Crippen LogP) is 4.75. The first-order valence-corrected chi connectivity index (χ1v) is 10.3. The van der Waals surface area contributed by atoms with Crippen molar-refractivity contribution in [1.82, 2.24) is 4.90 Å². The summed E-state index contributed by atoms with van der Waals surface area (Å²) in [5.41, 5.74) is 0.873. The van der Waals surface area contributed by atoms with Crippen LogP contribution in [0.4, 0.5) is 10.5 Å². The Kier molecular flexibility index (Phi) is 5.10. The molecule has 132 valence electrons. The summed E-state index contributed by atoms with van der Waals surface area (Å²) < 4.78 is 7.01. The maximum Gasteiger partial charge on any atom is 0.414 e. The van der Waals surface area contributed by atoms with Crippen LogP contribution >= 0.6 is 27.3 Å². The minimum atomic E-state index is -0.241. The number of ether oxygens (including phenoxy) is 1. The fourth-order valence-corrected chi connectivity index (χ4v) is 5.14. The van der Waals surface area contributed by atoms with Gasteiger partial charge in [-0.15, -0.1) is 11.3 Å². The summed E-state index contributed by atoms with van der Waals surface area (Å²) in [6, 6.07) is 11.8. The number of hydrogen-bond acceptors (Lipinski definition) is 4. The number of anilines is 1. The molecule has 0 saturated carbocycles. The highest BCUT2D eigenvalue weighted by Crippen LogP contribution is 2.31. The molecule has 3 aliphatic rings. The third-order valence-electron chi connectivity index (χ3n) is 5.07. The molecule has 2 aromatic rings. The number of carbonyl (C=O) groups excluding carboxylic acids is 1. The molecule has 1 aromatic heterocycles. The minimum absolute atomic E-state index is 0.0243. The molecular formula is C19H21BrN2O2S. The summed E-state index contributed by atoms with van der Waals surface area (Å²) in [5.74, 6) is 0.516. The second kappa shape index (κ2) is 7.48. The number of hydrogen-bond donors (Lipinski definition) is 0. The van der Waals surface area contributed by atoms with E-state index in [4.69, 9.17) is 4.74 Å². The molecule has 0 unspecified atom stereocenters. The topological polar surface area (TPSA) is 32.8 Å². The van der Waals surface area contributed by atoms with Crippen LogP contribution in [0.15, 0.2) is 46.3 Å². The van der Waals surface area contributed by atoms with Crippen LogP contribution < -0.4 is 4.90 Å². The lowest BCUT2D eigenvalue weighted by Crippen LogP contribution is -2.53. The molecule has 3 aliphatic heterocycles. The van der Waals surface area contributed by atoms with Gasteiger partial charge in [-0.3, -0.25) is 9.80 Å². The van der Waals surface area contributed by atoms with Gasteiger partial charge >= 0.3 is 6.09 Å². The van der Waals surface area contributed by atoms with E-state index in [9.17, 15) is 4.79 Å². The summed E-state index contributed by atoms with van der Waals surface area (Å²) in [7, 11) is 0. The van der Waals surface area contributed by atoms with Crippen LogP contribution in [0.3, 0.4) is 0 Å². The number of fused-ring (bicyclic) bond motifs is 3. The van der Waals surface area contributed by atoms with Gasteiger partial charge in [0.25, 0.3) is 0 Å². The van der Waals surface area contributed by atoms with Crippen LogP contribution in [-0.2, 0) is 11.3 Å². The van der Waals surface area contributed by atoms with Crippen LogP contribution in [-0.4, -0.2) is 36.7 Å². The van der Waals surface area contributed by atoms with Gasteiger partial charge < -0.3 is 4.74 Å². The number of piperidine rings is 3. The molecule has 3 saturated heterocycles. The molecule has 4 heterocycles. The number of thiophene rings is 1. The first kappa shape index (κ1) is 17.1. The summed E-state index contributed by atoms with van der Waals surface area (Å²) in [6.45, 7) is 3.69. The summed E-state index contributed by atoms with van der Waals surface area (Å²) in [5, 5.41) is 2.04. The van der Waals surface area contributed by atoms with E-state index in [1.807, 2.05) is 35.7 Å². The zero-order chi connectivity index (χ0) is 17.2. The van der Waals surface area contributed by atoms with Crippen LogP contribution in [0, 0.1) is 5.92 Å². The number of halogens is 1. The molecule has 1 atom stereocenters. The molecule has 5 rings (SSSR count). The monoisotopic (exact) mass is 420 g/mol. The average Bonchev–Trinajstić information content (AvgIpc) is 3.06. The van der Waals surface area contributed by atoms with E-state index in [0.29, 0.717) is 12.5 Å². The maximum absolute atomic E-state index is 13.0. The first-order chi connectivity index (χ1) is 12.2. The zero-order valence-corrected chi connectivity index (χ0v) is 16.3.